The third kappa shape index (κ3) is 3.52. The number of aryl methyl sites for hydroxylation is 1. The first-order chi connectivity index (χ1) is 12.1. The van der Waals surface area contributed by atoms with Gasteiger partial charge in [0.05, 0.1) is 14.2 Å². The first-order valence-electron chi connectivity index (χ1n) is 8.32. The Morgan fingerprint density at radius 2 is 1.72 bits per heavy atom. The molecule has 2 aromatic rings. The van der Waals surface area contributed by atoms with Gasteiger partial charge >= 0.3 is 0 Å². The lowest BCUT2D eigenvalue weighted by molar-refractivity contribution is 0.0745. The van der Waals surface area contributed by atoms with Crippen LogP contribution in [0.4, 0.5) is 5.82 Å². The molecule has 0 saturated carbocycles. The lowest BCUT2D eigenvalue weighted by Gasteiger charge is -2.35. The summed E-state index contributed by atoms with van der Waals surface area (Å²) < 4.78 is 10.6. The summed E-state index contributed by atoms with van der Waals surface area (Å²) in [7, 11) is 3.17. The van der Waals surface area contributed by atoms with Crippen LogP contribution in [-0.4, -0.2) is 56.2 Å². The van der Waals surface area contributed by atoms with Crippen molar-refractivity contribution >= 4 is 11.7 Å². The zero-order chi connectivity index (χ0) is 17.8. The molecule has 0 spiro atoms. The Kier molecular flexibility index (Phi) is 5.07. The summed E-state index contributed by atoms with van der Waals surface area (Å²) in [6.45, 7) is 4.80. The number of pyridine rings is 1. The van der Waals surface area contributed by atoms with Crippen molar-refractivity contribution in [2.75, 3.05) is 45.3 Å². The van der Waals surface area contributed by atoms with Gasteiger partial charge in [-0.1, -0.05) is 6.07 Å². The Morgan fingerprint density at radius 3 is 2.32 bits per heavy atom. The zero-order valence-electron chi connectivity index (χ0n) is 14.9. The average molecular weight is 341 g/mol. The number of hydrogen-bond acceptors (Lipinski definition) is 5. The number of methoxy groups -OCH3 is 2. The first kappa shape index (κ1) is 17.1. The van der Waals surface area contributed by atoms with Gasteiger partial charge in [-0.15, -0.1) is 0 Å². The van der Waals surface area contributed by atoms with Crippen LogP contribution >= 0.6 is 0 Å². The zero-order valence-corrected chi connectivity index (χ0v) is 14.9. The topological polar surface area (TPSA) is 54.9 Å². The van der Waals surface area contributed by atoms with E-state index >= 15 is 0 Å². The number of amides is 1. The van der Waals surface area contributed by atoms with E-state index in [1.807, 2.05) is 36.1 Å². The average Bonchev–Trinajstić information content (AvgIpc) is 2.68. The molecule has 1 aliphatic rings. The molecule has 3 rings (SSSR count). The van der Waals surface area contributed by atoms with E-state index in [2.05, 4.69) is 9.88 Å². The summed E-state index contributed by atoms with van der Waals surface area (Å²) in [6.07, 6.45) is 1.79. The Bertz CT molecular complexity index is 741. The molecule has 0 bridgehead atoms. The lowest BCUT2D eigenvalue weighted by Crippen LogP contribution is -2.49. The van der Waals surface area contributed by atoms with Gasteiger partial charge in [-0.25, -0.2) is 4.98 Å². The summed E-state index contributed by atoms with van der Waals surface area (Å²) in [6, 6.07) is 9.49. The summed E-state index contributed by atoms with van der Waals surface area (Å²) >= 11 is 0. The molecule has 1 aromatic carbocycles. The van der Waals surface area contributed by atoms with Crippen molar-refractivity contribution in [1.82, 2.24) is 9.88 Å². The number of benzene rings is 1. The number of nitrogens with zero attached hydrogens (tertiary/aromatic N) is 3. The molecule has 1 amide bonds. The largest absolute Gasteiger partial charge is 0.493 e. The van der Waals surface area contributed by atoms with Crippen LogP contribution in [0, 0.1) is 6.92 Å². The highest BCUT2D eigenvalue weighted by Crippen LogP contribution is 2.31. The maximum Gasteiger partial charge on any atom is 0.254 e. The van der Waals surface area contributed by atoms with Crippen molar-refractivity contribution in [2.45, 2.75) is 6.92 Å². The van der Waals surface area contributed by atoms with Crippen LogP contribution in [0.25, 0.3) is 0 Å². The molecule has 1 aliphatic heterocycles. The number of ether oxygens (including phenoxy) is 2. The monoisotopic (exact) mass is 341 g/mol. The number of aromatic nitrogens is 1. The second-order valence-electron chi connectivity index (χ2n) is 5.99. The van der Waals surface area contributed by atoms with E-state index in [0.717, 1.165) is 24.5 Å². The standard InChI is InChI=1S/C19H23N3O3/c1-14-12-16(24-2)17(25-3)13-15(14)19(23)22-10-8-21(9-11-22)18-6-4-5-7-20-18/h4-7,12-13H,8-11H2,1-3H3. The molecule has 0 unspecified atom stereocenters. The first-order valence-corrected chi connectivity index (χ1v) is 8.32. The fourth-order valence-electron chi connectivity index (χ4n) is 3.06. The normalized spacial score (nSPS) is 14.4. The molecule has 25 heavy (non-hydrogen) atoms. The minimum absolute atomic E-state index is 0.0270. The van der Waals surface area contributed by atoms with Crippen LogP contribution in [0.5, 0.6) is 11.5 Å². The van der Waals surface area contributed by atoms with Crippen LogP contribution in [0.3, 0.4) is 0 Å². The van der Waals surface area contributed by atoms with E-state index in [1.54, 1.807) is 26.5 Å². The predicted molar refractivity (Wildman–Crippen MR) is 96.6 cm³/mol. The number of piperazine rings is 1. The van der Waals surface area contributed by atoms with Crippen LogP contribution in [-0.2, 0) is 0 Å². The second-order valence-corrected chi connectivity index (χ2v) is 5.99. The minimum atomic E-state index is 0.0270. The predicted octanol–water partition coefficient (Wildman–Crippen LogP) is 2.37. The van der Waals surface area contributed by atoms with Crippen molar-refractivity contribution in [3.05, 3.63) is 47.7 Å². The Hall–Kier alpha value is -2.76. The van der Waals surface area contributed by atoms with Crippen molar-refractivity contribution in [2.24, 2.45) is 0 Å². The summed E-state index contributed by atoms with van der Waals surface area (Å²) in [5.74, 6) is 2.19. The molecule has 0 aliphatic carbocycles. The summed E-state index contributed by atoms with van der Waals surface area (Å²) in [4.78, 5) is 21.4. The fraction of sp³-hybridized carbons (Fsp3) is 0.368. The van der Waals surface area contributed by atoms with Crippen molar-refractivity contribution < 1.29 is 14.3 Å². The van der Waals surface area contributed by atoms with E-state index < -0.39 is 0 Å². The summed E-state index contributed by atoms with van der Waals surface area (Å²) in [5.41, 5.74) is 1.54. The fourth-order valence-corrected chi connectivity index (χ4v) is 3.06. The number of hydrogen-bond donors (Lipinski definition) is 0. The molecule has 1 fully saturated rings. The van der Waals surface area contributed by atoms with E-state index in [0.29, 0.717) is 30.2 Å². The van der Waals surface area contributed by atoms with Gasteiger partial charge in [0.15, 0.2) is 11.5 Å². The Labute approximate surface area is 148 Å². The molecule has 0 N–H and O–H groups in total. The minimum Gasteiger partial charge on any atom is -0.493 e. The third-order valence-corrected chi connectivity index (χ3v) is 4.50. The van der Waals surface area contributed by atoms with Crippen molar-refractivity contribution in [1.29, 1.82) is 0 Å². The molecular weight excluding hydrogens is 318 g/mol. The Morgan fingerprint density at radius 1 is 1.04 bits per heavy atom. The molecule has 1 aromatic heterocycles. The van der Waals surface area contributed by atoms with E-state index in [1.165, 1.54) is 0 Å². The molecule has 132 valence electrons. The van der Waals surface area contributed by atoms with Gasteiger partial charge in [0.1, 0.15) is 5.82 Å². The number of carbonyl (C=O) groups excluding carboxylic acids is 1. The highest BCUT2D eigenvalue weighted by Gasteiger charge is 2.24. The number of carbonyl (C=O) groups is 1. The lowest BCUT2D eigenvalue weighted by atomic mass is 10.1. The molecule has 6 heteroatoms. The van der Waals surface area contributed by atoms with Gasteiger partial charge in [-0.05, 0) is 36.8 Å². The van der Waals surface area contributed by atoms with Gasteiger partial charge in [-0.3, -0.25) is 4.79 Å². The van der Waals surface area contributed by atoms with Gasteiger partial charge < -0.3 is 19.3 Å². The third-order valence-electron chi connectivity index (χ3n) is 4.50. The van der Waals surface area contributed by atoms with Crippen molar-refractivity contribution in [3.63, 3.8) is 0 Å². The maximum absolute atomic E-state index is 12.9. The van der Waals surface area contributed by atoms with Crippen LogP contribution < -0.4 is 14.4 Å². The number of anilines is 1. The quantitative estimate of drug-likeness (QED) is 0.855. The molecule has 0 atom stereocenters. The smallest absolute Gasteiger partial charge is 0.254 e. The van der Waals surface area contributed by atoms with Gasteiger partial charge in [-0.2, -0.15) is 0 Å². The number of rotatable bonds is 4. The maximum atomic E-state index is 12.9. The van der Waals surface area contributed by atoms with Gasteiger partial charge in [0, 0.05) is 37.9 Å². The Balaban J connectivity index is 1.73. The molecule has 6 nitrogen and oxygen atoms in total. The second kappa shape index (κ2) is 7.42. The molecule has 0 radical (unpaired) electrons. The molecule has 1 saturated heterocycles. The summed E-state index contributed by atoms with van der Waals surface area (Å²) in [5, 5.41) is 0. The SMILES string of the molecule is COc1cc(C)c(C(=O)N2CCN(c3ccccn3)CC2)cc1OC. The van der Waals surface area contributed by atoms with Crippen molar-refractivity contribution in [3.8, 4) is 11.5 Å². The van der Waals surface area contributed by atoms with E-state index in [-0.39, 0.29) is 5.91 Å². The highest BCUT2D eigenvalue weighted by molar-refractivity contribution is 5.96. The van der Waals surface area contributed by atoms with E-state index in [4.69, 9.17) is 9.47 Å². The molecular formula is C19H23N3O3. The van der Waals surface area contributed by atoms with Crippen LogP contribution in [0.1, 0.15) is 15.9 Å². The highest BCUT2D eigenvalue weighted by atomic mass is 16.5. The molecule has 2 heterocycles. The van der Waals surface area contributed by atoms with E-state index in [9.17, 15) is 4.79 Å². The van der Waals surface area contributed by atoms with Gasteiger partial charge in [0.25, 0.3) is 5.91 Å². The van der Waals surface area contributed by atoms with Gasteiger partial charge in [0.2, 0.25) is 0 Å². The van der Waals surface area contributed by atoms with Crippen LogP contribution in [0.2, 0.25) is 0 Å². The van der Waals surface area contributed by atoms with Crippen LogP contribution in [0.15, 0.2) is 36.5 Å².